The average molecular weight is 218 g/mol. The molecule has 86 valence electrons. The van der Waals surface area contributed by atoms with E-state index in [1.54, 1.807) is 0 Å². The molecule has 0 spiro atoms. The van der Waals surface area contributed by atoms with Crippen LogP contribution in [-0.4, -0.2) is 16.3 Å². The maximum atomic E-state index is 8.90. The van der Waals surface area contributed by atoms with E-state index in [4.69, 9.17) is 10.8 Å². The van der Waals surface area contributed by atoms with Crippen LogP contribution in [0.15, 0.2) is 24.4 Å². The minimum Gasteiger partial charge on any atom is -0.396 e. The fourth-order valence-electron chi connectivity index (χ4n) is 2.23. The summed E-state index contributed by atoms with van der Waals surface area (Å²) in [6, 6.07) is 6.25. The standard InChI is InChI=1S/C13H18N2O/c1-9-7-11(12(14)4-6-16)8-10-3-5-15(2)13(9)10/h3,5,7-8,12,16H,4,6,14H2,1-2H3. The molecule has 3 N–H and O–H groups in total. The zero-order valence-corrected chi connectivity index (χ0v) is 9.77. The van der Waals surface area contributed by atoms with Crippen molar-refractivity contribution >= 4 is 10.9 Å². The third-order valence-electron chi connectivity index (χ3n) is 3.05. The SMILES string of the molecule is Cc1cc(C(N)CCO)cc2ccn(C)c12. The van der Waals surface area contributed by atoms with Crippen LogP contribution in [0.5, 0.6) is 0 Å². The van der Waals surface area contributed by atoms with Crippen molar-refractivity contribution in [3.63, 3.8) is 0 Å². The number of fused-ring (bicyclic) bond motifs is 1. The van der Waals surface area contributed by atoms with Crippen molar-refractivity contribution in [3.05, 3.63) is 35.5 Å². The molecule has 1 aromatic carbocycles. The van der Waals surface area contributed by atoms with Crippen LogP contribution in [0.1, 0.15) is 23.6 Å². The summed E-state index contributed by atoms with van der Waals surface area (Å²) in [6.07, 6.45) is 2.66. The van der Waals surface area contributed by atoms with Gasteiger partial charge in [-0.1, -0.05) is 6.07 Å². The second kappa shape index (κ2) is 4.28. The number of benzene rings is 1. The van der Waals surface area contributed by atoms with Crippen LogP contribution in [0.25, 0.3) is 10.9 Å². The molecule has 3 heteroatoms. The lowest BCUT2D eigenvalue weighted by molar-refractivity contribution is 0.276. The molecule has 0 aliphatic rings. The molecule has 0 radical (unpaired) electrons. The first-order valence-electron chi connectivity index (χ1n) is 5.55. The van der Waals surface area contributed by atoms with E-state index in [1.165, 1.54) is 16.5 Å². The predicted octanol–water partition coefficient (Wildman–Crippen LogP) is 1.87. The summed E-state index contributed by atoms with van der Waals surface area (Å²) < 4.78 is 2.12. The molecular weight excluding hydrogens is 200 g/mol. The summed E-state index contributed by atoms with van der Waals surface area (Å²) >= 11 is 0. The maximum absolute atomic E-state index is 8.90. The van der Waals surface area contributed by atoms with E-state index in [-0.39, 0.29) is 12.6 Å². The molecule has 1 aromatic heterocycles. The molecular formula is C13H18N2O. The van der Waals surface area contributed by atoms with E-state index in [0.717, 1.165) is 5.56 Å². The van der Waals surface area contributed by atoms with Crippen molar-refractivity contribution in [1.82, 2.24) is 4.57 Å². The van der Waals surface area contributed by atoms with Gasteiger partial charge in [-0.3, -0.25) is 0 Å². The average Bonchev–Trinajstić information content (AvgIpc) is 2.61. The molecule has 1 heterocycles. The summed E-state index contributed by atoms with van der Waals surface area (Å²) in [6.45, 7) is 2.23. The molecule has 0 bridgehead atoms. The highest BCUT2D eigenvalue weighted by molar-refractivity contribution is 5.84. The summed E-state index contributed by atoms with van der Waals surface area (Å²) in [5.41, 5.74) is 9.59. The second-order valence-electron chi connectivity index (χ2n) is 4.32. The van der Waals surface area contributed by atoms with Crippen LogP contribution in [0.3, 0.4) is 0 Å². The lowest BCUT2D eigenvalue weighted by Crippen LogP contribution is -2.12. The van der Waals surface area contributed by atoms with Crippen molar-refractivity contribution in [2.45, 2.75) is 19.4 Å². The molecule has 0 aliphatic heterocycles. The fourth-order valence-corrected chi connectivity index (χ4v) is 2.23. The highest BCUT2D eigenvalue weighted by Gasteiger charge is 2.09. The van der Waals surface area contributed by atoms with E-state index in [2.05, 4.69) is 35.9 Å². The van der Waals surface area contributed by atoms with Crippen LogP contribution in [0, 0.1) is 6.92 Å². The summed E-state index contributed by atoms with van der Waals surface area (Å²) in [5.74, 6) is 0. The van der Waals surface area contributed by atoms with Gasteiger partial charge in [0.05, 0.1) is 5.52 Å². The van der Waals surface area contributed by atoms with Crippen LogP contribution in [-0.2, 0) is 7.05 Å². The number of aryl methyl sites for hydroxylation is 2. The molecule has 3 nitrogen and oxygen atoms in total. The third kappa shape index (κ3) is 1.84. The Morgan fingerprint density at radius 1 is 1.44 bits per heavy atom. The Morgan fingerprint density at radius 3 is 2.88 bits per heavy atom. The Bertz CT molecular complexity index is 502. The van der Waals surface area contributed by atoms with Gasteiger partial charge < -0.3 is 15.4 Å². The Kier molecular flexibility index (Phi) is 2.99. The number of aliphatic hydroxyl groups excluding tert-OH is 1. The number of aliphatic hydroxyl groups is 1. The third-order valence-corrected chi connectivity index (χ3v) is 3.05. The largest absolute Gasteiger partial charge is 0.396 e. The minimum atomic E-state index is -0.0756. The fraction of sp³-hybridized carbons (Fsp3) is 0.385. The first-order valence-corrected chi connectivity index (χ1v) is 5.55. The molecule has 2 rings (SSSR count). The van der Waals surface area contributed by atoms with Gasteiger partial charge in [0, 0.05) is 31.3 Å². The lowest BCUT2D eigenvalue weighted by Gasteiger charge is -2.12. The topological polar surface area (TPSA) is 51.2 Å². The summed E-state index contributed by atoms with van der Waals surface area (Å²) in [4.78, 5) is 0. The van der Waals surface area contributed by atoms with Gasteiger partial charge in [0.1, 0.15) is 0 Å². The Morgan fingerprint density at radius 2 is 2.19 bits per heavy atom. The van der Waals surface area contributed by atoms with E-state index in [0.29, 0.717) is 6.42 Å². The van der Waals surface area contributed by atoms with Crippen LogP contribution >= 0.6 is 0 Å². The molecule has 0 amide bonds. The van der Waals surface area contributed by atoms with Gasteiger partial charge in [0.15, 0.2) is 0 Å². The van der Waals surface area contributed by atoms with E-state index in [1.807, 2.05) is 7.05 Å². The monoisotopic (exact) mass is 218 g/mol. The predicted molar refractivity (Wildman–Crippen MR) is 66.3 cm³/mol. The molecule has 1 atom stereocenters. The Hall–Kier alpha value is -1.32. The van der Waals surface area contributed by atoms with Crippen LogP contribution in [0.4, 0.5) is 0 Å². The van der Waals surface area contributed by atoms with Crippen molar-refractivity contribution in [1.29, 1.82) is 0 Å². The zero-order valence-electron chi connectivity index (χ0n) is 9.77. The van der Waals surface area contributed by atoms with Crippen LogP contribution < -0.4 is 5.73 Å². The maximum Gasteiger partial charge on any atom is 0.0507 e. The number of aromatic nitrogens is 1. The number of hydrogen-bond acceptors (Lipinski definition) is 2. The molecule has 0 aliphatic carbocycles. The first-order chi connectivity index (χ1) is 7.63. The highest BCUT2D eigenvalue weighted by Crippen LogP contribution is 2.24. The Labute approximate surface area is 95.5 Å². The summed E-state index contributed by atoms with van der Waals surface area (Å²) in [7, 11) is 2.04. The van der Waals surface area contributed by atoms with E-state index >= 15 is 0 Å². The number of hydrogen-bond donors (Lipinski definition) is 2. The van der Waals surface area contributed by atoms with Crippen molar-refractivity contribution in [2.24, 2.45) is 12.8 Å². The molecule has 0 saturated heterocycles. The lowest BCUT2D eigenvalue weighted by atomic mass is 10.0. The Balaban J connectivity index is 2.50. The smallest absolute Gasteiger partial charge is 0.0507 e. The second-order valence-corrected chi connectivity index (χ2v) is 4.32. The first kappa shape index (κ1) is 11.2. The van der Waals surface area contributed by atoms with Gasteiger partial charge in [-0.2, -0.15) is 0 Å². The van der Waals surface area contributed by atoms with E-state index < -0.39 is 0 Å². The van der Waals surface area contributed by atoms with Gasteiger partial charge in [0.25, 0.3) is 0 Å². The minimum absolute atomic E-state index is 0.0756. The van der Waals surface area contributed by atoms with Gasteiger partial charge in [-0.25, -0.2) is 0 Å². The van der Waals surface area contributed by atoms with Gasteiger partial charge in [-0.15, -0.1) is 0 Å². The number of rotatable bonds is 3. The number of nitrogens with two attached hydrogens (primary N) is 1. The molecule has 1 unspecified atom stereocenters. The summed E-state index contributed by atoms with van der Waals surface area (Å²) in [5, 5.41) is 10.1. The van der Waals surface area contributed by atoms with Gasteiger partial charge in [0.2, 0.25) is 0 Å². The van der Waals surface area contributed by atoms with Crippen molar-refractivity contribution < 1.29 is 5.11 Å². The molecule has 16 heavy (non-hydrogen) atoms. The highest BCUT2D eigenvalue weighted by atomic mass is 16.3. The van der Waals surface area contributed by atoms with Gasteiger partial charge >= 0.3 is 0 Å². The number of nitrogens with zero attached hydrogens (tertiary/aromatic N) is 1. The van der Waals surface area contributed by atoms with Crippen LogP contribution in [0.2, 0.25) is 0 Å². The zero-order chi connectivity index (χ0) is 11.7. The molecule has 0 fully saturated rings. The molecule has 2 aromatic rings. The molecule has 0 saturated carbocycles. The van der Waals surface area contributed by atoms with Crippen molar-refractivity contribution in [3.8, 4) is 0 Å². The normalized spacial score (nSPS) is 13.2. The van der Waals surface area contributed by atoms with Gasteiger partial charge in [-0.05, 0) is 36.6 Å². The van der Waals surface area contributed by atoms with Crippen molar-refractivity contribution in [2.75, 3.05) is 6.61 Å². The quantitative estimate of drug-likeness (QED) is 0.826. The van der Waals surface area contributed by atoms with E-state index in [9.17, 15) is 0 Å².